The number of likely N-dealkylation sites (N-methyl/N-ethyl adjacent to an activating group) is 1. The van der Waals surface area contributed by atoms with Crippen molar-refractivity contribution in [2.24, 2.45) is 0 Å². The quantitative estimate of drug-likeness (QED) is 0.258. The molecule has 1 fully saturated rings. The number of hydrogen-bond donors (Lipinski definition) is 1. The standard InChI is InChI=1S/C25H40BrN3O2/c1-4-18-28(2)19-8-6-5-7-9-20-31-24-16-14-23(15-17-24)29(3)25(30)27-22-12-10-21(26)11-13-22/h4,10-13,23-24H,1,5-9,14-20H2,2-3H3,(H,27,30)/t23-,24-. The molecule has 5 nitrogen and oxygen atoms in total. The second kappa shape index (κ2) is 14.6. The van der Waals surface area contributed by atoms with E-state index in [2.05, 4.69) is 39.8 Å². The van der Waals surface area contributed by atoms with Gasteiger partial charge < -0.3 is 19.9 Å². The zero-order valence-corrected chi connectivity index (χ0v) is 20.9. The molecule has 0 atom stereocenters. The van der Waals surface area contributed by atoms with Gasteiger partial charge in [0.15, 0.2) is 0 Å². The summed E-state index contributed by atoms with van der Waals surface area (Å²) in [5, 5.41) is 2.98. The van der Waals surface area contributed by atoms with E-state index in [1.54, 1.807) is 0 Å². The third kappa shape index (κ3) is 10.2. The first kappa shape index (κ1) is 25.9. The molecule has 6 heteroatoms. The van der Waals surface area contributed by atoms with Crippen molar-refractivity contribution >= 4 is 27.6 Å². The number of amides is 2. The van der Waals surface area contributed by atoms with Crippen LogP contribution >= 0.6 is 15.9 Å². The average Bonchev–Trinajstić information content (AvgIpc) is 2.77. The second-order valence-electron chi connectivity index (χ2n) is 8.67. The van der Waals surface area contributed by atoms with Gasteiger partial charge in [0, 0.05) is 36.4 Å². The number of carbonyl (C=O) groups excluding carboxylic acids is 1. The third-order valence-corrected chi connectivity index (χ3v) is 6.61. The molecule has 0 unspecified atom stereocenters. The van der Waals surface area contributed by atoms with Gasteiger partial charge in [0.1, 0.15) is 0 Å². The lowest BCUT2D eigenvalue weighted by molar-refractivity contribution is 0.0130. The van der Waals surface area contributed by atoms with E-state index in [4.69, 9.17) is 4.74 Å². The van der Waals surface area contributed by atoms with Crippen LogP contribution in [0.2, 0.25) is 0 Å². The molecule has 31 heavy (non-hydrogen) atoms. The highest BCUT2D eigenvalue weighted by Gasteiger charge is 2.26. The molecule has 1 aliphatic rings. The van der Waals surface area contributed by atoms with Gasteiger partial charge in [0.05, 0.1) is 6.10 Å². The van der Waals surface area contributed by atoms with Crippen LogP contribution < -0.4 is 5.32 Å². The maximum absolute atomic E-state index is 12.5. The highest BCUT2D eigenvalue weighted by atomic mass is 79.9. The Bertz CT molecular complexity index is 645. The molecule has 0 spiro atoms. The molecule has 0 aromatic heterocycles. The van der Waals surface area contributed by atoms with Gasteiger partial charge in [-0.1, -0.05) is 41.3 Å². The minimum Gasteiger partial charge on any atom is -0.378 e. The maximum Gasteiger partial charge on any atom is 0.321 e. The van der Waals surface area contributed by atoms with Crippen molar-refractivity contribution in [2.75, 3.05) is 39.1 Å². The Hall–Kier alpha value is -1.37. The Morgan fingerprint density at radius 1 is 1.10 bits per heavy atom. The largest absolute Gasteiger partial charge is 0.378 e. The van der Waals surface area contributed by atoms with Crippen LogP contribution in [0.1, 0.15) is 57.8 Å². The Morgan fingerprint density at radius 2 is 1.74 bits per heavy atom. The molecule has 2 rings (SSSR count). The Kier molecular flexibility index (Phi) is 12.2. The number of benzene rings is 1. The summed E-state index contributed by atoms with van der Waals surface area (Å²) < 4.78 is 7.12. The van der Waals surface area contributed by atoms with E-state index >= 15 is 0 Å². The summed E-state index contributed by atoms with van der Waals surface area (Å²) >= 11 is 3.42. The van der Waals surface area contributed by atoms with E-state index in [-0.39, 0.29) is 12.1 Å². The number of anilines is 1. The molecule has 1 aromatic carbocycles. The molecule has 0 heterocycles. The number of urea groups is 1. The predicted octanol–water partition coefficient (Wildman–Crippen LogP) is 6.31. The normalized spacial score (nSPS) is 18.7. The van der Waals surface area contributed by atoms with Crippen molar-refractivity contribution in [3.8, 4) is 0 Å². The monoisotopic (exact) mass is 493 g/mol. The highest BCUT2D eigenvalue weighted by molar-refractivity contribution is 9.10. The van der Waals surface area contributed by atoms with Crippen LogP contribution in [0.5, 0.6) is 0 Å². The van der Waals surface area contributed by atoms with Gasteiger partial charge >= 0.3 is 6.03 Å². The number of ether oxygens (including phenoxy) is 1. The molecule has 1 aromatic rings. The lowest BCUT2D eigenvalue weighted by Crippen LogP contribution is -2.42. The highest BCUT2D eigenvalue weighted by Crippen LogP contribution is 2.25. The molecule has 2 amide bonds. The Balaban J connectivity index is 1.52. The van der Waals surface area contributed by atoms with E-state index in [0.717, 1.165) is 62.0 Å². The number of nitrogens with one attached hydrogen (secondary N) is 1. The molecule has 1 saturated carbocycles. The van der Waals surface area contributed by atoms with E-state index in [9.17, 15) is 4.79 Å². The summed E-state index contributed by atoms with van der Waals surface area (Å²) in [6, 6.07) is 7.92. The molecule has 0 bridgehead atoms. The first-order chi connectivity index (χ1) is 15.0. The SMILES string of the molecule is C=CCN(C)CCCCCCCO[C@H]1CC[C@H](N(C)C(=O)Nc2ccc(Br)cc2)CC1. The fourth-order valence-electron chi connectivity index (χ4n) is 4.09. The van der Waals surface area contributed by atoms with Gasteiger partial charge in [-0.2, -0.15) is 0 Å². The van der Waals surface area contributed by atoms with Gasteiger partial charge in [0.25, 0.3) is 0 Å². The zero-order chi connectivity index (χ0) is 22.5. The van der Waals surface area contributed by atoms with Crippen molar-refractivity contribution in [2.45, 2.75) is 69.9 Å². The summed E-state index contributed by atoms with van der Waals surface area (Å²) in [6.45, 7) is 6.77. The zero-order valence-electron chi connectivity index (χ0n) is 19.3. The van der Waals surface area contributed by atoms with E-state index in [1.807, 2.05) is 42.3 Å². The summed E-state index contributed by atoms with van der Waals surface area (Å²) in [6.07, 6.45) is 12.6. The van der Waals surface area contributed by atoms with Crippen LogP contribution in [0.15, 0.2) is 41.4 Å². The van der Waals surface area contributed by atoms with E-state index in [1.165, 1.54) is 25.7 Å². The van der Waals surface area contributed by atoms with Crippen LogP contribution in [-0.4, -0.2) is 61.8 Å². The molecular weight excluding hydrogens is 454 g/mol. The topological polar surface area (TPSA) is 44.8 Å². The number of rotatable bonds is 13. The predicted molar refractivity (Wildman–Crippen MR) is 134 cm³/mol. The van der Waals surface area contributed by atoms with Crippen LogP contribution in [0.25, 0.3) is 0 Å². The number of nitrogens with zero attached hydrogens (tertiary/aromatic N) is 2. The van der Waals surface area contributed by atoms with Crippen molar-refractivity contribution < 1.29 is 9.53 Å². The second-order valence-corrected chi connectivity index (χ2v) is 9.58. The number of unbranched alkanes of at least 4 members (excludes halogenated alkanes) is 4. The summed E-state index contributed by atoms with van der Waals surface area (Å²) in [7, 11) is 4.05. The van der Waals surface area contributed by atoms with Gasteiger partial charge in [-0.05, 0) is 76.4 Å². The van der Waals surface area contributed by atoms with Crippen LogP contribution in [-0.2, 0) is 4.74 Å². The van der Waals surface area contributed by atoms with Gasteiger partial charge in [-0.25, -0.2) is 4.79 Å². The number of halogens is 1. The maximum atomic E-state index is 12.5. The minimum absolute atomic E-state index is 0.0395. The molecule has 0 radical (unpaired) electrons. The Morgan fingerprint density at radius 3 is 2.42 bits per heavy atom. The third-order valence-electron chi connectivity index (χ3n) is 6.09. The van der Waals surface area contributed by atoms with E-state index < -0.39 is 0 Å². The van der Waals surface area contributed by atoms with Crippen LogP contribution in [0.4, 0.5) is 10.5 Å². The lowest BCUT2D eigenvalue weighted by Gasteiger charge is -2.34. The molecule has 0 aliphatic heterocycles. The van der Waals surface area contributed by atoms with Crippen molar-refractivity contribution in [3.63, 3.8) is 0 Å². The fraction of sp³-hybridized carbons (Fsp3) is 0.640. The first-order valence-electron chi connectivity index (χ1n) is 11.7. The lowest BCUT2D eigenvalue weighted by atomic mass is 9.92. The number of carbonyl (C=O) groups is 1. The fourth-order valence-corrected chi connectivity index (χ4v) is 4.35. The van der Waals surface area contributed by atoms with Crippen LogP contribution in [0.3, 0.4) is 0 Å². The number of hydrogen-bond acceptors (Lipinski definition) is 3. The molecule has 1 aliphatic carbocycles. The average molecular weight is 495 g/mol. The van der Waals surface area contributed by atoms with Crippen molar-refractivity contribution in [3.05, 3.63) is 41.4 Å². The van der Waals surface area contributed by atoms with Crippen molar-refractivity contribution in [1.29, 1.82) is 0 Å². The summed E-state index contributed by atoms with van der Waals surface area (Å²) in [5.41, 5.74) is 0.820. The molecule has 174 valence electrons. The molecule has 0 saturated heterocycles. The first-order valence-corrected chi connectivity index (χ1v) is 12.5. The van der Waals surface area contributed by atoms with Gasteiger partial charge in [-0.3, -0.25) is 0 Å². The molecular formula is C25H40BrN3O2. The van der Waals surface area contributed by atoms with Crippen molar-refractivity contribution in [1.82, 2.24) is 9.80 Å². The summed E-state index contributed by atoms with van der Waals surface area (Å²) in [5.74, 6) is 0. The van der Waals surface area contributed by atoms with Gasteiger partial charge in [0.2, 0.25) is 0 Å². The molecule has 1 N–H and O–H groups in total. The van der Waals surface area contributed by atoms with E-state index in [0.29, 0.717) is 6.10 Å². The minimum atomic E-state index is -0.0395. The smallest absolute Gasteiger partial charge is 0.321 e. The van der Waals surface area contributed by atoms with Gasteiger partial charge in [-0.15, -0.1) is 6.58 Å². The summed E-state index contributed by atoms with van der Waals surface area (Å²) in [4.78, 5) is 16.7. The van der Waals surface area contributed by atoms with Crippen LogP contribution in [0, 0.1) is 0 Å². The Labute approximate surface area is 197 Å².